The Hall–Kier alpha value is -1.40. The van der Waals surface area contributed by atoms with Crippen molar-refractivity contribution in [3.63, 3.8) is 0 Å². The zero-order valence-electron chi connectivity index (χ0n) is 12.5. The summed E-state index contributed by atoms with van der Waals surface area (Å²) in [6.07, 6.45) is 5.77. The third-order valence-corrected chi connectivity index (χ3v) is 6.07. The molecule has 2 aliphatic rings. The standard InChI is InChI=1S/C16H22N2O3S/c19-16-15(10-13-8-4-5-9-14(13)17-16)18-22(20,21)11-12-6-2-1-3-7-12/h4-5,8-9,12,15,18H,1-3,6-7,10-11H2,(H,17,19). The molecular weight excluding hydrogens is 300 g/mol. The molecule has 0 bridgehead atoms. The number of anilines is 1. The van der Waals surface area contributed by atoms with Gasteiger partial charge in [0.1, 0.15) is 6.04 Å². The minimum absolute atomic E-state index is 0.137. The summed E-state index contributed by atoms with van der Waals surface area (Å²) in [4.78, 5) is 12.1. The average Bonchev–Trinajstić information content (AvgIpc) is 2.48. The Morgan fingerprint density at radius 1 is 1.14 bits per heavy atom. The lowest BCUT2D eigenvalue weighted by Gasteiger charge is -2.27. The summed E-state index contributed by atoms with van der Waals surface area (Å²) in [5.74, 6) is 0.0921. The number of hydrogen-bond donors (Lipinski definition) is 2. The van der Waals surface area contributed by atoms with E-state index in [0.29, 0.717) is 6.42 Å². The van der Waals surface area contributed by atoms with Gasteiger partial charge in [-0.15, -0.1) is 0 Å². The van der Waals surface area contributed by atoms with Crippen LogP contribution < -0.4 is 10.0 Å². The van der Waals surface area contributed by atoms with E-state index in [9.17, 15) is 13.2 Å². The lowest BCUT2D eigenvalue weighted by molar-refractivity contribution is -0.118. The Balaban J connectivity index is 1.66. The fourth-order valence-electron chi connectivity index (χ4n) is 3.38. The third-order valence-electron chi connectivity index (χ3n) is 4.52. The predicted octanol–water partition coefficient (Wildman–Crippen LogP) is 2.05. The van der Waals surface area contributed by atoms with Gasteiger partial charge in [-0.3, -0.25) is 4.79 Å². The van der Waals surface area contributed by atoms with E-state index in [2.05, 4.69) is 10.0 Å². The maximum Gasteiger partial charge on any atom is 0.242 e. The minimum Gasteiger partial charge on any atom is -0.324 e. The molecule has 1 aromatic carbocycles. The van der Waals surface area contributed by atoms with Crippen molar-refractivity contribution in [3.05, 3.63) is 29.8 Å². The Labute approximate surface area is 131 Å². The van der Waals surface area contributed by atoms with Crippen molar-refractivity contribution in [2.24, 2.45) is 5.92 Å². The van der Waals surface area contributed by atoms with Gasteiger partial charge in [0.25, 0.3) is 0 Å². The summed E-state index contributed by atoms with van der Waals surface area (Å²) in [5.41, 5.74) is 1.74. The van der Waals surface area contributed by atoms with Crippen molar-refractivity contribution in [1.29, 1.82) is 0 Å². The molecule has 1 atom stereocenters. The van der Waals surface area contributed by atoms with E-state index >= 15 is 0 Å². The molecule has 5 nitrogen and oxygen atoms in total. The molecule has 1 amide bonds. The van der Waals surface area contributed by atoms with E-state index in [1.807, 2.05) is 24.3 Å². The van der Waals surface area contributed by atoms with Gasteiger partial charge >= 0.3 is 0 Å². The lowest BCUT2D eigenvalue weighted by Crippen LogP contribution is -2.48. The maximum atomic E-state index is 12.3. The van der Waals surface area contributed by atoms with E-state index in [1.165, 1.54) is 6.42 Å². The molecule has 1 aliphatic heterocycles. The second kappa shape index (κ2) is 6.38. The maximum absolute atomic E-state index is 12.3. The van der Waals surface area contributed by atoms with Gasteiger partial charge < -0.3 is 5.32 Å². The van der Waals surface area contributed by atoms with Crippen molar-refractivity contribution in [3.8, 4) is 0 Å². The highest BCUT2D eigenvalue weighted by Gasteiger charge is 2.31. The highest BCUT2D eigenvalue weighted by Crippen LogP contribution is 2.26. The first-order valence-corrected chi connectivity index (χ1v) is 9.57. The van der Waals surface area contributed by atoms with Gasteiger partial charge in [-0.1, -0.05) is 37.5 Å². The zero-order valence-corrected chi connectivity index (χ0v) is 13.4. The van der Waals surface area contributed by atoms with Crippen LogP contribution in [0.4, 0.5) is 5.69 Å². The van der Waals surface area contributed by atoms with Gasteiger partial charge in [0.05, 0.1) is 5.75 Å². The van der Waals surface area contributed by atoms with Crippen molar-refractivity contribution in [2.75, 3.05) is 11.1 Å². The summed E-state index contributed by atoms with van der Waals surface area (Å²) in [5, 5.41) is 2.77. The van der Waals surface area contributed by atoms with Crippen molar-refractivity contribution in [2.45, 2.75) is 44.6 Å². The van der Waals surface area contributed by atoms with Crippen LogP contribution in [0.15, 0.2) is 24.3 Å². The van der Waals surface area contributed by atoms with Gasteiger partial charge in [0.2, 0.25) is 15.9 Å². The number of nitrogens with one attached hydrogen (secondary N) is 2. The van der Waals surface area contributed by atoms with E-state index in [4.69, 9.17) is 0 Å². The van der Waals surface area contributed by atoms with E-state index in [0.717, 1.165) is 36.9 Å². The number of fused-ring (bicyclic) bond motifs is 1. The molecular formula is C16H22N2O3S. The number of benzene rings is 1. The molecule has 1 unspecified atom stereocenters. The second-order valence-corrected chi connectivity index (χ2v) is 8.10. The second-order valence-electron chi connectivity index (χ2n) is 6.31. The predicted molar refractivity (Wildman–Crippen MR) is 86.1 cm³/mol. The molecule has 0 radical (unpaired) electrons. The highest BCUT2D eigenvalue weighted by molar-refractivity contribution is 7.89. The van der Waals surface area contributed by atoms with E-state index in [-0.39, 0.29) is 17.6 Å². The van der Waals surface area contributed by atoms with Crippen molar-refractivity contribution < 1.29 is 13.2 Å². The Morgan fingerprint density at radius 3 is 2.64 bits per heavy atom. The van der Waals surface area contributed by atoms with Gasteiger partial charge in [0.15, 0.2) is 0 Å². The van der Waals surface area contributed by atoms with E-state index in [1.54, 1.807) is 0 Å². The van der Waals surface area contributed by atoms with Gasteiger partial charge in [-0.2, -0.15) is 0 Å². The molecule has 0 aromatic heterocycles. The van der Waals surface area contributed by atoms with E-state index < -0.39 is 16.1 Å². The summed E-state index contributed by atoms with van der Waals surface area (Å²) in [6.45, 7) is 0. The van der Waals surface area contributed by atoms with Crippen molar-refractivity contribution in [1.82, 2.24) is 4.72 Å². The Kier molecular flexibility index (Phi) is 4.49. The normalized spacial score (nSPS) is 22.9. The summed E-state index contributed by atoms with van der Waals surface area (Å²) in [7, 11) is -3.43. The van der Waals surface area contributed by atoms with Crippen LogP contribution in [0.2, 0.25) is 0 Å². The van der Waals surface area contributed by atoms with Crippen LogP contribution in [0.3, 0.4) is 0 Å². The van der Waals surface area contributed by atoms with Crippen LogP contribution in [0.1, 0.15) is 37.7 Å². The first-order valence-electron chi connectivity index (χ1n) is 7.92. The number of carbonyl (C=O) groups is 1. The number of carbonyl (C=O) groups excluding carboxylic acids is 1. The number of hydrogen-bond acceptors (Lipinski definition) is 3. The lowest BCUT2D eigenvalue weighted by atomic mass is 9.91. The quantitative estimate of drug-likeness (QED) is 0.891. The number of para-hydroxylation sites is 1. The van der Waals surface area contributed by atoms with Gasteiger partial charge in [0, 0.05) is 5.69 Å². The fourth-order valence-corrected chi connectivity index (χ4v) is 5.05. The number of rotatable bonds is 4. The fraction of sp³-hybridized carbons (Fsp3) is 0.562. The van der Waals surface area contributed by atoms with Crippen molar-refractivity contribution >= 4 is 21.6 Å². The summed E-state index contributed by atoms with van der Waals surface area (Å²) in [6, 6.07) is 6.79. The van der Waals surface area contributed by atoms with Crippen LogP contribution in [-0.4, -0.2) is 26.1 Å². The van der Waals surface area contributed by atoms with Crippen LogP contribution >= 0.6 is 0 Å². The zero-order chi connectivity index (χ0) is 15.6. The first-order chi connectivity index (χ1) is 10.5. The number of sulfonamides is 1. The topological polar surface area (TPSA) is 75.3 Å². The molecule has 22 heavy (non-hydrogen) atoms. The Bertz CT molecular complexity index is 651. The summed E-state index contributed by atoms with van der Waals surface area (Å²) < 4.78 is 27.3. The molecule has 0 spiro atoms. The molecule has 3 rings (SSSR count). The molecule has 120 valence electrons. The molecule has 1 saturated carbocycles. The summed E-state index contributed by atoms with van der Waals surface area (Å²) >= 11 is 0. The molecule has 1 heterocycles. The van der Waals surface area contributed by atoms with Gasteiger partial charge in [-0.25, -0.2) is 13.1 Å². The van der Waals surface area contributed by atoms with Crippen LogP contribution in [0.25, 0.3) is 0 Å². The first kappa shape index (κ1) is 15.5. The van der Waals surface area contributed by atoms with Crippen LogP contribution in [-0.2, 0) is 21.2 Å². The SMILES string of the molecule is O=C1Nc2ccccc2CC1NS(=O)(=O)CC1CCCCC1. The number of amides is 1. The van der Waals surface area contributed by atoms with Crippen LogP contribution in [0, 0.1) is 5.92 Å². The minimum atomic E-state index is -3.43. The van der Waals surface area contributed by atoms with Gasteiger partial charge in [-0.05, 0) is 36.8 Å². The molecule has 6 heteroatoms. The molecule has 2 N–H and O–H groups in total. The van der Waals surface area contributed by atoms with Crippen LogP contribution in [0.5, 0.6) is 0 Å². The largest absolute Gasteiger partial charge is 0.324 e. The Morgan fingerprint density at radius 2 is 1.86 bits per heavy atom. The average molecular weight is 322 g/mol. The molecule has 1 fully saturated rings. The highest BCUT2D eigenvalue weighted by atomic mass is 32.2. The molecule has 0 saturated heterocycles. The monoisotopic (exact) mass is 322 g/mol. The smallest absolute Gasteiger partial charge is 0.242 e. The molecule has 1 aliphatic carbocycles. The molecule has 1 aromatic rings. The third kappa shape index (κ3) is 3.67.